The lowest BCUT2D eigenvalue weighted by molar-refractivity contribution is -0.134. The van der Waals surface area contributed by atoms with Crippen molar-refractivity contribution < 1.29 is 14.3 Å². The molecule has 3 rings (SSSR count). The Morgan fingerprint density at radius 3 is 2.42 bits per heavy atom. The topological polar surface area (TPSA) is 59.5 Å². The smallest absolute Gasteiger partial charge is 0.351 e. The molecule has 1 aromatic heterocycles. The third-order valence-electron chi connectivity index (χ3n) is 4.50. The molecule has 2 aromatic rings. The van der Waals surface area contributed by atoms with Crippen LogP contribution in [0.25, 0.3) is 11.3 Å². The van der Waals surface area contributed by atoms with Gasteiger partial charge in [-0.1, -0.05) is 49.6 Å². The van der Waals surface area contributed by atoms with E-state index in [2.05, 4.69) is 4.98 Å². The largest absolute Gasteiger partial charge is 0.451 e. The number of rotatable bonds is 4. The van der Waals surface area contributed by atoms with E-state index in [0.717, 1.165) is 49.3 Å². The van der Waals surface area contributed by atoms with E-state index in [4.69, 9.17) is 4.74 Å². The Balaban J connectivity index is 1.64. The molecule has 1 amide bonds. The van der Waals surface area contributed by atoms with Gasteiger partial charge in [-0.25, -0.2) is 9.78 Å². The number of carbonyl (C=O) groups excluding carboxylic acids is 2. The minimum absolute atomic E-state index is 0.109. The van der Waals surface area contributed by atoms with Gasteiger partial charge < -0.3 is 9.64 Å². The summed E-state index contributed by atoms with van der Waals surface area (Å²) in [4.78, 5) is 31.7. The minimum Gasteiger partial charge on any atom is -0.451 e. The Kier molecular flexibility index (Phi) is 6.39. The fourth-order valence-electron chi connectivity index (χ4n) is 3.14. The van der Waals surface area contributed by atoms with Crippen molar-refractivity contribution in [3.63, 3.8) is 0 Å². The summed E-state index contributed by atoms with van der Waals surface area (Å²) in [6.07, 6.45) is 5.59. The summed E-state index contributed by atoms with van der Waals surface area (Å²) in [6.45, 7) is 3.17. The van der Waals surface area contributed by atoms with Gasteiger partial charge in [0.1, 0.15) is 4.88 Å². The normalized spacial score (nSPS) is 15.2. The Morgan fingerprint density at radius 1 is 1.08 bits per heavy atom. The third kappa shape index (κ3) is 4.69. The molecule has 0 unspecified atom stereocenters. The summed E-state index contributed by atoms with van der Waals surface area (Å²) in [7, 11) is 0. The van der Waals surface area contributed by atoms with Crippen molar-refractivity contribution >= 4 is 23.2 Å². The van der Waals surface area contributed by atoms with E-state index < -0.39 is 5.97 Å². The molecule has 6 heteroatoms. The molecule has 0 N–H and O–H groups in total. The molecule has 1 aliphatic rings. The number of amides is 1. The lowest BCUT2D eigenvalue weighted by Crippen LogP contribution is -2.36. The van der Waals surface area contributed by atoms with E-state index in [-0.39, 0.29) is 12.5 Å². The molecule has 1 aromatic carbocycles. The molecule has 0 saturated carbocycles. The van der Waals surface area contributed by atoms with Crippen LogP contribution in [0.1, 0.15) is 46.8 Å². The molecular weight excluding hydrogens is 348 g/mol. The van der Waals surface area contributed by atoms with Crippen molar-refractivity contribution in [2.75, 3.05) is 19.7 Å². The summed E-state index contributed by atoms with van der Waals surface area (Å²) in [5.41, 5.74) is 1.50. The van der Waals surface area contributed by atoms with Gasteiger partial charge in [0.25, 0.3) is 5.91 Å². The molecule has 1 aliphatic heterocycles. The van der Waals surface area contributed by atoms with Crippen LogP contribution in [-0.4, -0.2) is 41.5 Å². The highest BCUT2D eigenvalue weighted by Gasteiger charge is 2.22. The molecule has 0 spiro atoms. The third-order valence-corrected chi connectivity index (χ3v) is 5.45. The molecule has 138 valence electrons. The summed E-state index contributed by atoms with van der Waals surface area (Å²) in [5.74, 6) is -0.586. The number of hydrogen-bond donors (Lipinski definition) is 0. The predicted octanol–water partition coefficient (Wildman–Crippen LogP) is 4.07. The first-order valence-electron chi connectivity index (χ1n) is 9.13. The highest BCUT2D eigenvalue weighted by molar-refractivity contribution is 7.14. The zero-order valence-corrected chi connectivity index (χ0v) is 15.9. The van der Waals surface area contributed by atoms with E-state index in [0.29, 0.717) is 10.6 Å². The van der Waals surface area contributed by atoms with Crippen LogP contribution in [0.3, 0.4) is 0 Å². The van der Waals surface area contributed by atoms with Gasteiger partial charge >= 0.3 is 5.97 Å². The Hall–Kier alpha value is -2.21. The first kappa shape index (κ1) is 18.6. The average Bonchev–Trinajstić information content (AvgIpc) is 3.02. The first-order chi connectivity index (χ1) is 12.6. The molecule has 26 heavy (non-hydrogen) atoms. The number of aromatic nitrogens is 1. The van der Waals surface area contributed by atoms with Crippen molar-refractivity contribution in [2.45, 2.75) is 39.0 Å². The molecule has 0 bridgehead atoms. The summed E-state index contributed by atoms with van der Waals surface area (Å²) in [5, 5.41) is 0.797. The van der Waals surface area contributed by atoms with Crippen LogP contribution in [0.5, 0.6) is 0 Å². The van der Waals surface area contributed by atoms with Crippen molar-refractivity contribution in [3.8, 4) is 11.3 Å². The maximum Gasteiger partial charge on any atom is 0.351 e. The SMILES string of the molecule is Cc1nc(-c2ccccc2)c(C(=O)OCC(=O)N2CCCCCCC2)s1. The number of aryl methyl sites for hydroxylation is 1. The Labute approximate surface area is 158 Å². The quantitative estimate of drug-likeness (QED) is 0.759. The van der Waals surface area contributed by atoms with E-state index in [1.165, 1.54) is 17.8 Å². The van der Waals surface area contributed by atoms with Gasteiger partial charge in [0.05, 0.1) is 10.7 Å². The standard InChI is InChI=1S/C20H24N2O3S/c1-15-21-18(16-10-6-5-7-11-16)19(26-15)20(24)25-14-17(23)22-12-8-3-2-4-9-13-22/h5-7,10-11H,2-4,8-9,12-14H2,1H3. The molecule has 0 radical (unpaired) electrons. The zero-order chi connectivity index (χ0) is 18.4. The average molecular weight is 372 g/mol. The maximum atomic E-state index is 12.5. The molecular formula is C20H24N2O3S. The molecule has 1 fully saturated rings. The number of esters is 1. The number of carbonyl (C=O) groups is 2. The maximum absolute atomic E-state index is 12.5. The molecule has 2 heterocycles. The molecule has 1 saturated heterocycles. The van der Waals surface area contributed by atoms with E-state index in [1.54, 1.807) is 0 Å². The van der Waals surface area contributed by atoms with Crippen LogP contribution in [0.4, 0.5) is 0 Å². The fraction of sp³-hybridized carbons (Fsp3) is 0.450. The van der Waals surface area contributed by atoms with Crippen molar-refractivity contribution in [1.29, 1.82) is 0 Å². The van der Waals surface area contributed by atoms with Crippen molar-refractivity contribution in [1.82, 2.24) is 9.88 Å². The van der Waals surface area contributed by atoms with Crippen molar-refractivity contribution in [2.24, 2.45) is 0 Å². The van der Waals surface area contributed by atoms with Crippen LogP contribution in [0, 0.1) is 6.92 Å². The molecule has 0 atom stereocenters. The second kappa shape index (κ2) is 8.94. The van der Waals surface area contributed by atoms with Gasteiger partial charge in [-0.05, 0) is 19.8 Å². The Morgan fingerprint density at radius 2 is 1.73 bits per heavy atom. The number of benzene rings is 1. The Bertz CT molecular complexity index is 750. The van der Waals surface area contributed by atoms with E-state index >= 15 is 0 Å². The van der Waals surface area contributed by atoms with Gasteiger partial charge in [0.2, 0.25) is 0 Å². The van der Waals surface area contributed by atoms with Crippen LogP contribution in [0.15, 0.2) is 30.3 Å². The summed E-state index contributed by atoms with van der Waals surface area (Å²) in [6, 6.07) is 9.56. The second-order valence-corrected chi connectivity index (χ2v) is 7.70. The number of thiazole rings is 1. The highest BCUT2D eigenvalue weighted by atomic mass is 32.1. The minimum atomic E-state index is -0.477. The van der Waals surface area contributed by atoms with Gasteiger partial charge in [-0.15, -0.1) is 11.3 Å². The number of nitrogens with zero attached hydrogens (tertiary/aromatic N) is 2. The molecule has 0 aliphatic carbocycles. The predicted molar refractivity (Wildman–Crippen MR) is 102 cm³/mol. The monoisotopic (exact) mass is 372 g/mol. The van der Waals surface area contributed by atoms with Crippen LogP contribution >= 0.6 is 11.3 Å². The zero-order valence-electron chi connectivity index (χ0n) is 15.1. The van der Waals surface area contributed by atoms with Gasteiger partial charge in [-0.3, -0.25) is 4.79 Å². The van der Waals surface area contributed by atoms with E-state index in [9.17, 15) is 9.59 Å². The van der Waals surface area contributed by atoms with Crippen LogP contribution in [0.2, 0.25) is 0 Å². The van der Waals surface area contributed by atoms with Crippen molar-refractivity contribution in [3.05, 3.63) is 40.2 Å². The lowest BCUT2D eigenvalue weighted by atomic mass is 10.1. The summed E-state index contributed by atoms with van der Waals surface area (Å²) >= 11 is 1.30. The van der Waals surface area contributed by atoms with E-state index in [1.807, 2.05) is 42.2 Å². The highest BCUT2D eigenvalue weighted by Crippen LogP contribution is 2.28. The second-order valence-electron chi connectivity index (χ2n) is 6.50. The van der Waals surface area contributed by atoms with Crippen LogP contribution < -0.4 is 0 Å². The number of likely N-dealkylation sites (tertiary alicyclic amines) is 1. The fourth-order valence-corrected chi connectivity index (χ4v) is 3.97. The lowest BCUT2D eigenvalue weighted by Gasteiger charge is -2.24. The van der Waals surface area contributed by atoms with Gasteiger partial charge in [0.15, 0.2) is 6.61 Å². The van der Waals surface area contributed by atoms with Crippen LogP contribution in [-0.2, 0) is 9.53 Å². The number of hydrogen-bond acceptors (Lipinski definition) is 5. The molecule has 5 nitrogen and oxygen atoms in total. The van der Waals surface area contributed by atoms with Gasteiger partial charge in [-0.2, -0.15) is 0 Å². The first-order valence-corrected chi connectivity index (χ1v) is 9.94. The van der Waals surface area contributed by atoms with Gasteiger partial charge in [0, 0.05) is 18.7 Å². The number of ether oxygens (including phenoxy) is 1. The summed E-state index contributed by atoms with van der Waals surface area (Å²) < 4.78 is 5.33.